The van der Waals surface area contributed by atoms with Gasteiger partial charge in [0.05, 0.1) is 12.9 Å². The van der Waals surface area contributed by atoms with Crippen LogP contribution in [0.4, 0.5) is 5.95 Å². The van der Waals surface area contributed by atoms with Crippen LogP contribution in [0.3, 0.4) is 0 Å². The molecular weight excluding hydrogens is 602 g/mol. The highest BCUT2D eigenvalue weighted by molar-refractivity contribution is 7.60. The molecule has 0 spiro atoms. The van der Waals surface area contributed by atoms with E-state index in [0.29, 0.717) is 0 Å². The number of nitrogens with two attached hydrogens (primary N) is 1. The monoisotopic (exact) mass is 628 g/mol. The number of Topliss-reactive ketones (excluding diaryl/α,β-unsaturated/α-hetero) is 1. The molecule has 2 fully saturated rings. The van der Waals surface area contributed by atoms with Gasteiger partial charge >= 0.3 is 15.6 Å². The van der Waals surface area contributed by atoms with E-state index >= 15 is 0 Å². The second-order valence-corrected chi connectivity index (χ2v) is 11.8. The van der Waals surface area contributed by atoms with Gasteiger partial charge in [0, 0.05) is 6.92 Å². The first kappa shape index (κ1) is 31.3. The number of nitrogens with zero attached hydrogens (tertiary/aromatic N) is 3. The quantitative estimate of drug-likeness (QED) is 0.126. The Morgan fingerprint density at radius 2 is 1.93 bits per heavy atom. The second kappa shape index (κ2) is 11.6. The number of phosphoric ester groups is 1. The minimum atomic E-state index is -5.48. The van der Waals surface area contributed by atoms with Crippen LogP contribution in [0, 0.1) is 0 Å². The number of aliphatic hydroxyl groups is 2. The Labute approximate surface area is 228 Å². The molecule has 2 saturated heterocycles. The fourth-order valence-corrected chi connectivity index (χ4v) is 5.88. The van der Waals surface area contributed by atoms with Crippen LogP contribution < -0.4 is 16.6 Å². The Bertz CT molecular complexity index is 1480. The molecule has 41 heavy (non-hydrogen) atoms. The van der Waals surface area contributed by atoms with Crippen LogP contribution in [0.2, 0.25) is 0 Å². The summed E-state index contributed by atoms with van der Waals surface area (Å²) < 4.78 is 49.6. The van der Waals surface area contributed by atoms with Crippen molar-refractivity contribution in [3.8, 4) is 0 Å². The number of carbonyl (C=O) groups is 2. The molecule has 9 N–H and O–H groups in total. The molecule has 2 aliphatic heterocycles. The van der Waals surface area contributed by atoms with Crippen molar-refractivity contribution < 1.29 is 66.7 Å². The van der Waals surface area contributed by atoms with Crippen LogP contribution in [0.1, 0.15) is 20.1 Å². The molecule has 228 valence electrons. The predicted octanol–water partition coefficient (Wildman–Crippen LogP) is -3.25. The molecule has 4 heterocycles. The number of nitrogen functional groups attached to an aromatic ring is 1. The normalized spacial score (nSPS) is 32.2. The first-order valence-corrected chi connectivity index (χ1v) is 14.6. The van der Waals surface area contributed by atoms with E-state index < -0.39 is 88.6 Å². The molecule has 0 radical (unpaired) electrons. The number of hydrogen-bond donors (Lipinski definition) is 8. The third kappa shape index (κ3) is 6.88. The number of fused-ring (bicyclic) bond motifs is 1. The number of aromatic nitrogens is 4. The lowest BCUT2D eigenvalue weighted by atomic mass is 9.99. The fourth-order valence-electron chi connectivity index (χ4n) is 4.28. The standard InChI is InChI=1S/C18H26N6O15P2/c1-5-10(26)11(27)8(21-6(2)25)17(36-5)38-13-7(3-35-41(33,34)39-40(30,31)32)37-16(12(13)28)24-4-20-9-14(24)22-18(19)23-15(9)29/h4-5,7-8,11-13,16-17,27-28H,3H2,1-2H3,(H,21,25)(H,33,34)(H2,30,31,32)(H3,19,22,23,29)/t5-,7-,8+,11-,12-,13-,16-,17-/m1/s1. The number of ketones is 1. The Hall–Kier alpha value is -2.65. The molecule has 23 heteroatoms. The van der Waals surface area contributed by atoms with Gasteiger partial charge in [0.2, 0.25) is 11.9 Å². The number of phosphoric acid groups is 2. The lowest BCUT2D eigenvalue weighted by molar-refractivity contribution is -0.248. The highest BCUT2D eigenvalue weighted by Gasteiger charge is 2.52. The van der Waals surface area contributed by atoms with Crippen molar-refractivity contribution in [2.75, 3.05) is 12.3 Å². The zero-order valence-electron chi connectivity index (χ0n) is 21.0. The minimum Gasteiger partial charge on any atom is -0.386 e. The third-order valence-corrected chi connectivity index (χ3v) is 8.12. The van der Waals surface area contributed by atoms with Gasteiger partial charge in [-0.25, -0.2) is 14.1 Å². The van der Waals surface area contributed by atoms with Crippen LogP contribution in [0.25, 0.3) is 11.2 Å². The highest BCUT2D eigenvalue weighted by atomic mass is 31.3. The molecule has 0 aliphatic carbocycles. The van der Waals surface area contributed by atoms with E-state index in [-0.39, 0.29) is 17.1 Å². The summed E-state index contributed by atoms with van der Waals surface area (Å²) in [5, 5.41) is 24.0. The Morgan fingerprint density at radius 1 is 1.24 bits per heavy atom. The number of H-pyrrole nitrogens is 1. The molecule has 1 unspecified atom stereocenters. The summed E-state index contributed by atoms with van der Waals surface area (Å²) in [6, 6.07) is -1.47. The van der Waals surface area contributed by atoms with Crippen LogP contribution in [-0.2, 0) is 41.8 Å². The molecule has 4 rings (SSSR count). The van der Waals surface area contributed by atoms with E-state index in [9.17, 15) is 38.6 Å². The molecule has 1 amide bonds. The maximum Gasteiger partial charge on any atom is 0.481 e. The van der Waals surface area contributed by atoms with Gasteiger partial charge in [0.15, 0.2) is 29.5 Å². The predicted molar refractivity (Wildman–Crippen MR) is 129 cm³/mol. The summed E-state index contributed by atoms with van der Waals surface area (Å²) in [5.41, 5.74) is 4.55. The molecule has 2 aromatic rings. The van der Waals surface area contributed by atoms with E-state index in [1.54, 1.807) is 0 Å². The number of aliphatic hydroxyl groups excluding tert-OH is 2. The van der Waals surface area contributed by atoms with Crippen LogP contribution in [0.5, 0.6) is 0 Å². The molecule has 2 aliphatic rings. The first-order valence-electron chi connectivity index (χ1n) is 11.6. The number of hydrogen-bond acceptors (Lipinski definition) is 15. The van der Waals surface area contributed by atoms with Gasteiger partial charge in [-0.3, -0.25) is 28.5 Å². The van der Waals surface area contributed by atoms with Gasteiger partial charge in [0.1, 0.15) is 36.6 Å². The number of rotatable bonds is 9. The number of amides is 1. The summed E-state index contributed by atoms with van der Waals surface area (Å²) in [4.78, 5) is 73.8. The SMILES string of the molecule is CC(=O)N[C@@H]1[C@@H](O[C@H]2[C@@H](O)[C@H](n3cnc4c(=O)[nH]c(N)nc43)O[C@@H]2COP(=O)(O)OP(=O)(O)O)O[C@H](C)C(=O)[C@@H]1O. The van der Waals surface area contributed by atoms with Gasteiger partial charge in [-0.15, -0.1) is 0 Å². The average Bonchev–Trinajstić information content (AvgIpc) is 3.38. The number of aromatic amines is 1. The van der Waals surface area contributed by atoms with E-state index in [1.165, 1.54) is 6.92 Å². The fraction of sp³-hybridized carbons (Fsp3) is 0.611. The number of ether oxygens (including phenoxy) is 3. The summed E-state index contributed by atoms with van der Waals surface area (Å²) in [6.07, 6.45) is -9.97. The maximum absolute atomic E-state index is 12.3. The average molecular weight is 628 g/mol. The van der Waals surface area contributed by atoms with Crippen molar-refractivity contribution in [2.45, 2.75) is 62.9 Å². The molecule has 21 nitrogen and oxygen atoms in total. The van der Waals surface area contributed by atoms with Crippen molar-refractivity contribution in [1.82, 2.24) is 24.8 Å². The number of nitrogens with one attached hydrogen (secondary N) is 2. The highest BCUT2D eigenvalue weighted by Crippen LogP contribution is 2.57. The van der Waals surface area contributed by atoms with Crippen LogP contribution in [0.15, 0.2) is 11.1 Å². The number of imidazole rings is 1. The summed E-state index contributed by atoms with van der Waals surface area (Å²) in [5.74, 6) is -1.76. The van der Waals surface area contributed by atoms with Crippen molar-refractivity contribution >= 4 is 44.4 Å². The van der Waals surface area contributed by atoms with E-state index in [4.69, 9.17) is 29.7 Å². The van der Waals surface area contributed by atoms with E-state index in [1.807, 2.05) is 0 Å². The molecule has 0 aromatic carbocycles. The zero-order chi connectivity index (χ0) is 30.4. The largest absolute Gasteiger partial charge is 0.481 e. The molecule has 0 saturated carbocycles. The molecule has 2 aromatic heterocycles. The first-order chi connectivity index (χ1) is 19.0. The van der Waals surface area contributed by atoms with Gasteiger partial charge < -0.3 is 50.2 Å². The van der Waals surface area contributed by atoms with Gasteiger partial charge in [-0.1, -0.05) is 0 Å². The van der Waals surface area contributed by atoms with Crippen molar-refractivity contribution in [1.29, 1.82) is 0 Å². The number of carbonyl (C=O) groups excluding carboxylic acids is 2. The molecule has 0 bridgehead atoms. The zero-order valence-corrected chi connectivity index (χ0v) is 22.8. The van der Waals surface area contributed by atoms with Gasteiger partial charge in [-0.2, -0.15) is 9.29 Å². The lowest BCUT2D eigenvalue weighted by Crippen LogP contribution is -2.63. The summed E-state index contributed by atoms with van der Waals surface area (Å²) >= 11 is 0. The Balaban J connectivity index is 1.67. The number of anilines is 1. The summed E-state index contributed by atoms with van der Waals surface area (Å²) in [7, 11) is -10.9. The van der Waals surface area contributed by atoms with Gasteiger partial charge in [0.25, 0.3) is 5.56 Å². The summed E-state index contributed by atoms with van der Waals surface area (Å²) in [6.45, 7) is 1.39. The van der Waals surface area contributed by atoms with Crippen molar-refractivity contribution in [3.63, 3.8) is 0 Å². The molecule has 9 atom stereocenters. The maximum atomic E-state index is 12.3. The minimum absolute atomic E-state index is 0.145. The lowest BCUT2D eigenvalue weighted by Gasteiger charge is -2.39. The van der Waals surface area contributed by atoms with E-state index in [2.05, 4.69) is 29.1 Å². The molecular formula is C18H26N6O15P2. The third-order valence-electron chi connectivity index (χ3n) is 5.97. The van der Waals surface area contributed by atoms with Crippen molar-refractivity contribution in [3.05, 3.63) is 16.7 Å². The smallest absolute Gasteiger partial charge is 0.386 e. The second-order valence-electron chi connectivity index (χ2n) is 8.99. The topological polar surface area (TPSA) is 317 Å². The Kier molecular flexibility index (Phi) is 8.82. The van der Waals surface area contributed by atoms with Crippen LogP contribution >= 0.6 is 15.6 Å². The van der Waals surface area contributed by atoms with Crippen molar-refractivity contribution in [2.24, 2.45) is 0 Å². The van der Waals surface area contributed by atoms with Crippen LogP contribution in [-0.4, -0.2) is 106 Å². The van der Waals surface area contributed by atoms with Gasteiger partial charge in [-0.05, 0) is 6.92 Å². The Morgan fingerprint density at radius 3 is 2.56 bits per heavy atom. The van der Waals surface area contributed by atoms with E-state index in [0.717, 1.165) is 17.8 Å².